The number of rotatable bonds is 8. The molecule has 1 atom stereocenters. The molecule has 0 rings (SSSR count). The predicted molar refractivity (Wildman–Crippen MR) is 73.3 cm³/mol. The number of hydrogen-bond acceptors (Lipinski definition) is 4. The summed E-state index contributed by atoms with van der Waals surface area (Å²) in [4.78, 5) is 35.8. The Morgan fingerprint density at radius 1 is 1.25 bits per heavy atom. The molecular weight excluding hydrogens is 264 g/mol. The largest absolute Gasteiger partial charge is 0.480 e. The number of aliphatic carboxylic acids is 1. The minimum atomic E-state index is -1.10. The molecule has 0 spiro atoms. The van der Waals surface area contributed by atoms with Crippen molar-refractivity contribution >= 4 is 18.0 Å². The van der Waals surface area contributed by atoms with Gasteiger partial charge in [0.15, 0.2) is 0 Å². The van der Waals surface area contributed by atoms with Crippen LogP contribution in [0.2, 0.25) is 0 Å². The zero-order chi connectivity index (χ0) is 15.7. The second-order valence-corrected chi connectivity index (χ2v) is 4.74. The highest BCUT2D eigenvalue weighted by Crippen LogP contribution is 2.04. The lowest BCUT2D eigenvalue weighted by Gasteiger charge is -2.25. The molecule has 0 heterocycles. The first-order chi connectivity index (χ1) is 9.33. The number of esters is 1. The fourth-order valence-corrected chi connectivity index (χ4v) is 1.62. The molecule has 2 N–H and O–H groups in total. The number of nitrogens with one attached hydrogen (secondary N) is 1. The van der Waals surface area contributed by atoms with Crippen LogP contribution in [0.5, 0.6) is 0 Å². The first-order valence-electron chi connectivity index (χ1n) is 6.77. The summed E-state index contributed by atoms with van der Waals surface area (Å²) in [6.45, 7) is 7.37. The lowest BCUT2D eigenvalue weighted by atomic mass is 10.1. The predicted octanol–water partition coefficient (Wildman–Crippen LogP) is 1.08. The normalized spacial score (nSPS) is 11.8. The van der Waals surface area contributed by atoms with Crippen LogP contribution in [0.15, 0.2) is 0 Å². The molecule has 0 aliphatic heterocycles. The van der Waals surface area contributed by atoms with Crippen LogP contribution in [0.25, 0.3) is 0 Å². The van der Waals surface area contributed by atoms with Crippen molar-refractivity contribution in [3.8, 4) is 0 Å². The lowest BCUT2D eigenvalue weighted by molar-refractivity contribution is -0.143. The Bertz CT molecular complexity index is 344. The molecule has 7 heteroatoms. The smallest absolute Gasteiger partial charge is 0.326 e. The first kappa shape index (κ1) is 18.2. The van der Waals surface area contributed by atoms with Crippen molar-refractivity contribution in [3.63, 3.8) is 0 Å². The Kier molecular flexibility index (Phi) is 8.35. The Labute approximate surface area is 119 Å². The monoisotopic (exact) mass is 288 g/mol. The van der Waals surface area contributed by atoms with E-state index in [-0.39, 0.29) is 19.1 Å². The second kappa shape index (κ2) is 9.17. The van der Waals surface area contributed by atoms with Crippen molar-refractivity contribution < 1.29 is 24.2 Å². The van der Waals surface area contributed by atoms with Crippen LogP contribution in [0.1, 0.15) is 34.1 Å². The molecule has 0 aliphatic carbocycles. The first-order valence-corrected chi connectivity index (χ1v) is 6.77. The molecule has 7 nitrogen and oxygen atoms in total. The van der Waals surface area contributed by atoms with Gasteiger partial charge in [0.1, 0.15) is 12.6 Å². The maximum absolute atomic E-state index is 12.0. The minimum Gasteiger partial charge on any atom is -0.480 e. The van der Waals surface area contributed by atoms with Crippen LogP contribution in [0.3, 0.4) is 0 Å². The topological polar surface area (TPSA) is 95.9 Å². The number of amides is 2. The molecule has 0 aliphatic rings. The summed E-state index contributed by atoms with van der Waals surface area (Å²) >= 11 is 0. The highest BCUT2D eigenvalue weighted by Gasteiger charge is 2.26. The van der Waals surface area contributed by atoms with Crippen LogP contribution < -0.4 is 5.32 Å². The number of hydrogen-bond donors (Lipinski definition) is 2. The summed E-state index contributed by atoms with van der Waals surface area (Å²) in [7, 11) is 0. The summed E-state index contributed by atoms with van der Waals surface area (Å²) in [6.07, 6.45) is 0.659. The van der Waals surface area contributed by atoms with Crippen molar-refractivity contribution in [1.29, 1.82) is 0 Å². The van der Waals surface area contributed by atoms with E-state index in [2.05, 4.69) is 5.32 Å². The molecule has 1 unspecified atom stereocenters. The molecular formula is C13H24N2O5. The van der Waals surface area contributed by atoms with E-state index in [1.165, 1.54) is 4.90 Å². The third kappa shape index (κ3) is 6.40. The molecule has 0 radical (unpaired) electrons. The summed E-state index contributed by atoms with van der Waals surface area (Å²) in [6, 6.07) is -1.55. The maximum Gasteiger partial charge on any atom is 0.326 e. The summed E-state index contributed by atoms with van der Waals surface area (Å²) < 4.78 is 4.79. The van der Waals surface area contributed by atoms with E-state index in [0.717, 1.165) is 0 Å². The fraction of sp³-hybridized carbons (Fsp3) is 0.769. The van der Waals surface area contributed by atoms with Gasteiger partial charge in [-0.05, 0) is 19.3 Å². The lowest BCUT2D eigenvalue weighted by Crippen LogP contribution is -2.51. The van der Waals surface area contributed by atoms with Crippen LogP contribution in [-0.2, 0) is 14.3 Å². The van der Waals surface area contributed by atoms with Crippen LogP contribution in [-0.4, -0.2) is 53.7 Å². The standard InChI is InChI=1S/C13H24N2O5/c1-5-7-15(8-10(16)20-6-2)13(19)14-11(9(3)4)12(17)18/h9,11H,5-8H2,1-4H3,(H,14,19)(H,17,18). The van der Waals surface area contributed by atoms with E-state index in [4.69, 9.17) is 9.84 Å². The van der Waals surface area contributed by atoms with Gasteiger partial charge in [0.25, 0.3) is 0 Å². The number of carbonyl (C=O) groups is 3. The van der Waals surface area contributed by atoms with Gasteiger partial charge in [-0.2, -0.15) is 0 Å². The molecule has 0 aromatic carbocycles. The summed E-state index contributed by atoms with van der Waals surface area (Å²) in [5.74, 6) is -1.85. The molecule has 0 aromatic rings. The van der Waals surface area contributed by atoms with Gasteiger partial charge < -0.3 is 20.1 Å². The molecule has 0 fully saturated rings. The molecule has 0 aromatic heterocycles. The summed E-state index contributed by atoms with van der Waals surface area (Å²) in [5.41, 5.74) is 0. The highest BCUT2D eigenvalue weighted by atomic mass is 16.5. The minimum absolute atomic E-state index is 0.183. The van der Waals surface area contributed by atoms with E-state index in [9.17, 15) is 14.4 Å². The van der Waals surface area contributed by atoms with Gasteiger partial charge in [-0.1, -0.05) is 20.8 Å². The van der Waals surface area contributed by atoms with Gasteiger partial charge in [-0.15, -0.1) is 0 Å². The average Bonchev–Trinajstić information content (AvgIpc) is 2.34. The number of nitrogens with zero attached hydrogens (tertiary/aromatic N) is 1. The van der Waals surface area contributed by atoms with Crippen LogP contribution >= 0.6 is 0 Å². The van der Waals surface area contributed by atoms with Crippen LogP contribution in [0.4, 0.5) is 4.79 Å². The van der Waals surface area contributed by atoms with Crippen molar-refractivity contribution in [2.45, 2.75) is 40.2 Å². The Balaban J connectivity index is 4.70. The van der Waals surface area contributed by atoms with Crippen LogP contribution in [0, 0.1) is 5.92 Å². The molecule has 116 valence electrons. The van der Waals surface area contributed by atoms with E-state index in [1.807, 2.05) is 6.92 Å². The average molecular weight is 288 g/mol. The van der Waals surface area contributed by atoms with Gasteiger partial charge in [0.2, 0.25) is 0 Å². The highest BCUT2D eigenvalue weighted by molar-refractivity contribution is 5.85. The summed E-state index contributed by atoms with van der Waals surface area (Å²) in [5, 5.41) is 11.5. The third-order valence-electron chi connectivity index (χ3n) is 2.62. The Morgan fingerprint density at radius 3 is 2.25 bits per heavy atom. The zero-order valence-electron chi connectivity index (χ0n) is 12.5. The number of urea groups is 1. The molecule has 20 heavy (non-hydrogen) atoms. The Hall–Kier alpha value is -1.79. The fourth-order valence-electron chi connectivity index (χ4n) is 1.62. The SMILES string of the molecule is CCCN(CC(=O)OCC)C(=O)NC(C(=O)O)C(C)C. The number of carbonyl (C=O) groups excluding carboxylic acids is 2. The molecule has 0 saturated carbocycles. The third-order valence-corrected chi connectivity index (χ3v) is 2.62. The van der Waals surface area contributed by atoms with E-state index in [1.54, 1.807) is 20.8 Å². The van der Waals surface area contributed by atoms with Gasteiger partial charge >= 0.3 is 18.0 Å². The number of carboxylic acids is 1. The van der Waals surface area contributed by atoms with Gasteiger partial charge in [0, 0.05) is 6.54 Å². The van der Waals surface area contributed by atoms with Gasteiger partial charge in [-0.25, -0.2) is 9.59 Å². The van der Waals surface area contributed by atoms with E-state index in [0.29, 0.717) is 13.0 Å². The zero-order valence-corrected chi connectivity index (χ0v) is 12.5. The number of carboxylic acid groups (broad SMARTS) is 1. The molecule has 2 amide bonds. The Morgan fingerprint density at radius 2 is 1.85 bits per heavy atom. The molecule has 0 bridgehead atoms. The van der Waals surface area contributed by atoms with Crippen molar-refractivity contribution in [2.24, 2.45) is 5.92 Å². The van der Waals surface area contributed by atoms with E-state index < -0.39 is 24.0 Å². The van der Waals surface area contributed by atoms with Crippen molar-refractivity contribution in [1.82, 2.24) is 10.2 Å². The second-order valence-electron chi connectivity index (χ2n) is 4.74. The van der Waals surface area contributed by atoms with Crippen molar-refractivity contribution in [3.05, 3.63) is 0 Å². The van der Waals surface area contributed by atoms with Crippen molar-refractivity contribution in [2.75, 3.05) is 19.7 Å². The van der Waals surface area contributed by atoms with E-state index >= 15 is 0 Å². The number of ether oxygens (including phenoxy) is 1. The van der Waals surface area contributed by atoms with Gasteiger partial charge in [0.05, 0.1) is 6.61 Å². The quantitative estimate of drug-likeness (QED) is 0.652. The van der Waals surface area contributed by atoms with Gasteiger partial charge in [-0.3, -0.25) is 4.79 Å². The molecule has 0 saturated heterocycles. The maximum atomic E-state index is 12.0.